The second-order valence-corrected chi connectivity index (χ2v) is 15.2. The smallest absolute Gasteiger partial charge is 0.0561 e. The molecule has 0 bridgehead atoms. The van der Waals surface area contributed by atoms with E-state index in [4.69, 9.17) is 0 Å². The number of aromatic nitrogens is 1. The van der Waals surface area contributed by atoms with E-state index in [1.54, 1.807) is 0 Å². The van der Waals surface area contributed by atoms with E-state index in [0.717, 1.165) is 11.4 Å². The van der Waals surface area contributed by atoms with E-state index >= 15 is 0 Å². The van der Waals surface area contributed by atoms with Gasteiger partial charge in [0.25, 0.3) is 0 Å². The van der Waals surface area contributed by atoms with Gasteiger partial charge < -0.3 is 9.47 Å². The molecule has 0 radical (unpaired) electrons. The molecule has 2 aromatic heterocycles. The Labute approximate surface area is 323 Å². The van der Waals surface area contributed by atoms with E-state index < -0.39 is 0 Å². The third-order valence-electron chi connectivity index (χ3n) is 11.0. The molecule has 11 aromatic rings. The molecule has 2 nitrogen and oxygen atoms in total. The van der Waals surface area contributed by atoms with Crippen molar-refractivity contribution in [1.29, 1.82) is 0 Å². The van der Waals surface area contributed by atoms with E-state index in [1.807, 2.05) is 11.3 Å². The van der Waals surface area contributed by atoms with Crippen molar-refractivity contribution >= 4 is 81.1 Å². The highest BCUT2D eigenvalue weighted by atomic mass is 32.1. The zero-order valence-corrected chi connectivity index (χ0v) is 30.7. The van der Waals surface area contributed by atoms with Crippen LogP contribution in [-0.2, 0) is 0 Å². The molecule has 2 heterocycles. The predicted octanol–water partition coefficient (Wildman–Crippen LogP) is 15.1. The third-order valence-corrected chi connectivity index (χ3v) is 12.2. The molecule has 0 spiro atoms. The topological polar surface area (TPSA) is 8.17 Å². The number of anilines is 3. The SMILES string of the molecule is c1ccc(-c2ccc(N(c3ccc(-c4ccc5c(c4)c4ccccc4n5-c4ccccc4)cc3)c3cc4ccccc4c4sc5ccccc5c34)cc2)cc1. The summed E-state index contributed by atoms with van der Waals surface area (Å²) >= 11 is 1.89. The van der Waals surface area contributed by atoms with Crippen LogP contribution < -0.4 is 4.90 Å². The molecule has 0 unspecified atom stereocenters. The molecule has 3 heteroatoms. The Balaban J connectivity index is 1.08. The normalized spacial score (nSPS) is 11.6. The summed E-state index contributed by atoms with van der Waals surface area (Å²) in [6.07, 6.45) is 0. The molecule has 0 aliphatic heterocycles. The summed E-state index contributed by atoms with van der Waals surface area (Å²) in [7, 11) is 0. The van der Waals surface area contributed by atoms with Crippen molar-refractivity contribution in [1.82, 2.24) is 4.57 Å². The van der Waals surface area contributed by atoms with Gasteiger partial charge in [0.05, 0.1) is 16.7 Å². The van der Waals surface area contributed by atoms with Crippen LogP contribution in [0, 0.1) is 0 Å². The zero-order chi connectivity index (χ0) is 36.3. The van der Waals surface area contributed by atoms with Gasteiger partial charge in [-0.1, -0.05) is 140 Å². The lowest BCUT2D eigenvalue weighted by Gasteiger charge is -2.27. The maximum Gasteiger partial charge on any atom is 0.0561 e. The van der Waals surface area contributed by atoms with Crippen molar-refractivity contribution < 1.29 is 0 Å². The second kappa shape index (κ2) is 12.9. The van der Waals surface area contributed by atoms with Crippen LogP contribution in [0.3, 0.4) is 0 Å². The van der Waals surface area contributed by atoms with Crippen LogP contribution in [-0.4, -0.2) is 4.57 Å². The van der Waals surface area contributed by atoms with Gasteiger partial charge >= 0.3 is 0 Å². The van der Waals surface area contributed by atoms with E-state index in [9.17, 15) is 0 Å². The number of benzene rings is 9. The molecule has 0 fully saturated rings. The molecule has 0 aliphatic carbocycles. The lowest BCUT2D eigenvalue weighted by Crippen LogP contribution is -2.10. The largest absolute Gasteiger partial charge is 0.310 e. The Bertz CT molecular complexity index is 3180. The molecule has 0 amide bonds. The number of hydrogen-bond acceptors (Lipinski definition) is 2. The molecular weight excluding hydrogens is 685 g/mol. The molecule has 258 valence electrons. The molecule has 55 heavy (non-hydrogen) atoms. The molecule has 9 aromatic carbocycles. The number of nitrogens with zero attached hydrogens (tertiary/aromatic N) is 2. The average molecular weight is 719 g/mol. The van der Waals surface area contributed by atoms with E-state index in [2.05, 4.69) is 216 Å². The lowest BCUT2D eigenvalue weighted by molar-refractivity contribution is 1.18. The lowest BCUT2D eigenvalue weighted by atomic mass is 10.00. The fourth-order valence-corrected chi connectivity index (χ4v) is 9.65. The van der Waals surface area contributed by atoms with Crippen molar-refractivity contribution in [3.05, 3.63) is 206 Å². The monoisotopic (exact) mass is 718 g/mol. The maximum atomic E-state index is 2.45. The second-order valence-electron chi connectivity index (χ2n) is 14.1. The molecule has 0 saturated heterocycles. The average Bonchev–Trinajstić information content (AvgIpc) is 3.81. The number of hydrogen-bond donors (Lipinski definition) is 0. The summed E-state index contributed by atoms with van der Waals surface area (Å²) in [6, 6.07) is 75.1. The summed E-state index contributed by atoms with van der Waals surface area (Å²) < 4.78 is 4.99. The quantitative estimate of drug-likeness (QED) is 0.166. The number of rotatable bonds is 6. The fourth-order valence-electron chi connectivity index (χ4n) is 8.39. The van der Waals surface area contributed by atoms with Gasteiger partial charge in [-0.15, -0.1) is 11.3 Å². The Morgan fingerprint density at radius 3 is 1.67 bits per heavy atom. The van der Waals surface area contributed by atoms with E-state index in [0.29, 0.717) is 0 Å². The van der Waals surface area contributed by atoms with Gasteiger partial charge in [0.2, 0.25) is 0 Å². The third kappa shape index (κ3) is 5.24. The summed E-state index contributed by atoms with van der Waals surface area (Å²) in [6.45, 7) is 0. The highest BCUT2D eigenvalue weighted by Gasteiger charge is 2.21. The minimum absolute atomic E-state index is 1.12. The van der Waals surface area contributed by atoms with Gasteiger partial charge in [-0.3, -0.25) is 0 Å². The van der Waals surface area contributed by atoms with Gasteiger partial charge in [0, 0.05) is 48.0 Å². The first-order valence-corrected chi connectivity index (χ1v) is 19.6. The minimum Gasteiger partial charge on any atom is -0.310 e. The van der Waals surface area contributed by atoms with E-state index in [-0.39, 0.29) is 0 Å². The first-order chi connectivity index (χ1) is 27.3. The van der Waals surface area contributed by atoms with E-state index in [1.165, 1.54) is 86.4 Å². The van der Waals surface area contributed by atoms with Gasteiger partial charge in [0.15, 0.2) is 0 Å². The van der Waals surface area contributed by atoms with Crippen molar-refractivity contribution in [2.45, 2.75) is 0 Å². The first kappa shape index (κ1) is 31.6. The maximum absolute atomic E-state index is 2.45. The van der Waals surface area contributed by atoms with Crippen LogP contribution in [0.25, 0.3) is 80.7 Å². The molecule has 0 N–H and O–H groups in total. The predicted molar refractivity (Wildman–Crippen MR) is 237 cm³/mol. The highest BCUT2D eigenvalue weighted by molar-refractivity contribution is 7.26. The van der Waals surface area contributed by atoms with Gasteiger partial charge in [-0.2, -0.15) is 0 Å². The first-order valence-electron chi connectivity index (χ1n) is 18.8. The fraction of sp³-hybridized carbons (Fsp3) is 0. The van der Waals surface area contributed by atoms with Crippen LogP contribution >= 0.6 is 11.3 Å². The molecule has 0 atom stereocenters. The number of para-hydroxylation sites is 2. The Morgan fingerprint density at radius 1 is 0.382 bits per heavy atom. The summed E-state index contributed by atoms with van der Waals surface area (Å²) in [5, 5.41) is 7.62. The molecule has 11 rings (SSSR count). The highest BCUT2D eigenvalue weighted by Crippen LogP contribution is 2.48. The molecule has 0 aliphatic rings. The standard InChI is InChI=1S/C52H34N2S/c1-3-13-35(14-4-1)36-23-28-41(29-24-36)53(49-34-39-15-7-8-18-43(39)52-51(49)45-20-10-12-22-50(45)55-52)42-30-25-37(26-31-42)38-27-32-48-46(33-38)44-19-9-11-21-47(44)54(48)40-16-5-2-6-17-40/h1-34H. The molecular formula is C52H34N2S. The Kier molecular flexibility index (Phi) is 7.39. The molecule has 0 saturated carbocycles. The van der Waals surface area contributed by atoms with Gasteiger partial charge in [0.1, 0.15) is 0 Å². The zero-order valence-electron chi connectivity index (χ0n) is 29.9. The summed E-state index contributed by atoms with van der Waals surface area (Å²) in [5.41, 5.74) is 11.8. The van der Waals surface area contributed by atoms with Gasteiger partial charge in [-0.05, 0) is 99.8 Å². The minimum atomic E-state index is 1.12. The Morgan fingerprint density at radius 2 is 0.927 bits per heavy atom. The summed E-state index contributed by atoms with van der Waals surface area (Å²) in [4.78, 5) is 2.45. The van der Waals surface area contributed by atoms with Crippen molar-refractivity contribution in [3.8, 4) is 27.9 Å². The van der Waals surface area contributed by atoms with Crippen LogP contribution in [0.15, 0.2) is 206 Å². The number of thiophene rings is 1. The van der Waals surface area contributed by atoms with Crippen LogP contribution in [0.5, 0.6) is 0 Å². The van der Waals surface area contributed by atoms with Crippen molar-refractivity contribution in [2.75, 3.05) is 4.90 Å². The van der Waals surface area contributed by atoms with Crippen molar-refractivity contribution in [2.24, 2.45) is 0 Å². The van der Waals surface area contributed by atoms with Crippen LogP contribution in [0.4, 0.5) is 17.1 Å². The van der Waals surface area contributed by atoms with Crippen molar-refractivity contribution in [3.63, 3.8) is 0 Å². The summed E-state index contributed by atoms with van der Waals surface area (Å²) in [5.74, 6) is 0. The van der Waals surface area contributed by atoms with Crippen LogP contribution in [0.1, 0.15) is 0 Å². The van der Waals surface area contributed by atoms with Crippen LogP contribution in [0.2, 0.25) is 0 Å². The Hall–Kier alpha value is -6.94. The van der Waals surface area contributed by atoms with Gasteiger partial charge in [-0.25, -0.2) is 0 Å². The number of fused-ring (bicyclic) bond motifs is 8.